The van der Waals surface area contributed by atoms with Crippen LogP contribution in [0.4, 0.5) is 0 Å². The van der Waals surface area contributed by atoms with Crippen molar-refractivity contribution in [3.05, 3.63) is 0 Å². The molecule has 1 saturated carbocycles. The van der Waals surface area contributed by atoms with Gasteiger partial charge >= 0.3 is 0 Å². The maximum atomic E-state index is 5.78. The van der Waals surface area contributed by atoms with Gasteiger partial charge in [0.05, 0.1) is 5.41 Å². The Morgan fingerprint density at radius 2 is 1.64 bits per heavy atom. The molecule has 0 radical (unpaired) electrons. The molecule has 0 N–H and O–H groups in total. The highest BCUT2D eigenvalue weighted by Gasteiger charge is 2.48. The van der Waals surface area contributed by atoms with Crippen molar-refractivity contribution in [2.24, 2.45) is 5.41 Å². The summed E-state index contributed by atoms with van der Waals surface area (Å²) < 4.78 is -1.29. The molecular weight excluding hydrogens is 202 g/mol. The molecule has 0 nitrogen and oxygen atoms in total. The number of alkyl halides is 3. The fourth-order valence-electron chi connectivity index (χ4n) is 1.49. The van der Waals surface area contributed by atoms with Gasteiger partial charge in [-0.25, -0.2) is 0 Å². The summed E-state index contributed by atoms with van der Waals surface area (Å²) in [5, 5.41) is 0. The van der Waals surface area contributed by atoms with Crippen LogP contribution in [0.5, 0.6) is 0 Å². The fourth-order valence-corrected chi connectivity index (χ4v) is 2.22. The maximum absolute atomic E-state index is 5.78. The second-order valence-corrected chi connectivity index (χ2v) is 5.21. The molecule has 0 aromatic rings. The molecule has 0 heterocycles. The average Bonchev–Trinajstić information content (AvgIpc) is 2.33. The molecule has 11 heavy (non-hydrogen) atoms. The highest BCUT2D eigenvalue weighted by Crippen LogP contribution is 2.53. The molecule has 0 atom stereocenters. The molecule has 62 valence electrons. The molecule has 0 aromatic heterocycles. The van der Waals surface area contributed by atoms with Crippen LogP contribution in [0.15, 0.2) is 0 Å². The van der Waals surface area contributed by atoms with Crippen LogP contribution in [0.1, 0.15) is 25.7 Å². The topological polar surface area (TPSA) is 0 Å². The lowest BCUT2D eigenvalue weighted by Gasteiger charge is -2.30. The highest BCUT2D eigenvalue weighted by molar-refractivity contribution is 6.68. The molecule has 0 spiro atoms. The van der Waals surface area contributed by atoms with Gasteiger partial charge in [-0.1, -0.05) is 53.6 Å². The van der Waals surface area contributed by atoms with Crippen LogP contribution in [-0.4, -0.2) is 3.79 Å². The molecule has 0 unspecified atom stereocenters. The van der Waals surface area contributed by atoms with E-state index < -0.39 is 9.21 Å². The smallest absolute Gasteiger partial charge is 0.119 e. The van der Waals surface area contributed by atoms with Crippen molar-refractivity contribution in [3.63, 3.8) is 0 Å². The summed E-state index contributed by atoms with van der Waals surface area (Å²) >= 11 is 17.4. The number of hydrogen-bond acceptors (Lipinski definition) is 0. The normalized spacial score (nSPS) is 23.1. The Hall–Kier alpha value is 0.430. The predicted molar refractivity (Wildman–Crippen MR) is 50.0 cm³/mol. The Kier molecular flexibility index (Phi) is 2.64. The number of hydrogen-bond donors (Lipinski definition) is 0. The zero-order valence-corrected chi connectivity index (χ0v) is 8.31. The van der Waals surface area contributed by atoms with E-state index in [1.165, 1.54) is 0 Å². The van der Waals surface area contributed by atoms with Gasteiger partial charge in [-0.2, -0.15) is 0 Å². The van der Waals surface area contributed by atoms with Gasteiger partial charge in [0.1, 0.15) is 0 Å². The Balaban J connectivity index is 2.86. The van der Waals surface area contributed by atoms with Crippen LogP contribution in [-0.2, 0) is 0 Å². The molecule has 0 aromatic carbocycles. The molecule has 0 amide bonds. The van der Waals surface area contributed by atoms with Crippen LogP contribution in [0.2, 0.25) is 0 Å². The number of rotatable bonds is 0. The van der Waals surface area contributed by atoms with Gasteiger partial charge in [0, 0.05) is 0 Å². The minimum Gasteiger partial charge on any atom is -0.119 e. The van der Waals surface area contributed by atoms with E-state index in [2.05, 4.69) is 5.92 Å². The first-order valence-electron chi connectivity index (χ1n) is 3.56. The van der Waals surface area contributed by atoms with Gasteiger partial charge in [0.15, 0.2) is 0 Å². The maximum Gasteiger partial charge on any atom is 0.206 e. The van der Waals surface area contributed by atoms with Gasteiger partial charge in [-0.05, 0) is 12.8 Å². The van der Waals surface area contributed by atoms with E-state index in [0.29, 0.717) is 0 Å². The summed E-state index contributed by atoms with van der Waals surface area (Å²) in [5.74, 6) is 2.62. The van der Waals surface area contributed by atoms with Gasteiger partial charge in [0.25, 0.3) is 0 Å². The van der Waals surface area contributed by atoms with Crippen molar-refractivity contribution in [1.82, 2.24) is 0 Å². The van der Waals surface area contributed by atoms with Crippen LogP contribution in [0.3, 0.4) is 0 Å². The molecule has 1 aliphatic rings. The summed E-state index contributed by atoms with van der Waals surface area (Å²) in [6, 6.07) is 0. The van der Waals surface area contributed by atoms with Crippen molar-refractivity contribution >= 4 is 34.8 Å². The summed E-state index contributed by atoms with van der Waals surface area (Å²) in [6.45, 7) is 0. The van der Waals surface area contributed by atoms with Gasteiger partial charge in [0.2, 0.25) is 3.79 Å². The molecule has 0 aliphatic heterocycles. The van der Waals surface area contributed by atoms with Crippen LogP contribution >= 0.6 is 34.8 Å². The Labute approximate surface area is 82.2 Å². The molecule has 1 fully saturated rings. The number of terminal acetylenes is 1. The zero-order valence-electron chi connectivity index (χ0n) is 6.04. The molecule has 3 heteroatoms. The minimum atomic E-state index is -1.29. The second-order valence-electron chi connectivity index (χ2n) is 2.93. The first-order chi connectivity index (χ1) is 5.02. The van der Waals surface area contributed by atoms with E-state index in [-0.39, 0.29) is 0 Å². The SMILES string of the molecule is C#CC1(C(Cl)(Cl)Cl)CCCC1. The van der Waals surface area contributed by atoms with Crippen molar-refractivity contribution in [3.8, 4) is 12.3 Å². The minimum absolute atomic E-state index is 0.502. The third kappa shape index (κ3) is 1.61. The Morgan fingerprint density at radius 1 is 1.18 bits per heavy atom. The zero-order chi connectivity index (χ0) is 8.54. The van der Waals surface area contributed by atoms with Crippen molar-refractivity contribution in [2.75, 3.05) is 0 Å². The Morgan fingerprint density at radius 3 is 1.82 bits per heavy atom. The van der Waals surface area contributed by atoms with E-state index in [4.69, 9.17) is 41.2 Å². The van der Waals surface area contributed by atoms with E-state index in [1.54, 1.807) is 0 Å². The quantitative estimate of drug-likeness (QED) is 0.425. The lowest BCUT2D eigenvalue weighted by molar-refractivity contribution is 0.426. The average molecular weight is 212 g/mol. The van der Waals surface area contributed by atoms with Crippen molar-refractivity contribution in [2.45, 2.75) is 29.5 Å². The van der Waals surface area contributed by atoms with E-state index in [9.17, 15) is 0 Å². The third-order valence-electron chi connectivity index (χ3n) is 2.28. The van der Waals surface area contributed by atoms with Crippen LogP contribution < -0.4 is 0 Å². The molecule has 0 bridgehead atoms. The summed E-state index contributed by atoms with van der Waals surface area (Å²) in [5.41, 5.74) is -0.502. The fraction of sp³-hybridized carbons (Fsp3) is 0.750. The van der Waals surface area contributed by atoms with Gasteiger partial charge in [-0.3, -0.25) is 0 Å². The molecular formula is C8H9Cl3. The molecule has 1 aliphatic carbocycles. The van der Waals surface area contributed by atoms with Gasteiger partial charge < -0.3 is 0 Å². The second kappa shape index (κ2) is 3.05. The largest absolute Gasteiger partial charge is 0.206 e. The molecule has 0 saturated heterocycles. The first kappa shape index (κ1) is 9.52. The van der Waals surface area contributed by atoms with Crippen molar-refractivity contribution < 1.29 is 0 Å². The predicted octanol–water partition coefficient (Wildman–Crippen LogP) is 3.55. The standard InChI is InChI=1S/C8H9Cl3/c1-2-7(8(9,10)11)5-3-4-6-7/h1H,3-6H2. The van der Waals surface area contributed by atoms with E-state index in [0.717, 1.165) is 25.7 Å². The number of halogens is 3. The Bertz CT molecular complexity index is 178. The monoisotopic (exact) mass is 210 g/mol. The lowest BCUT2D eigenvalue weighted by atomic mass is 9.89. The van der Waals surface area contributed by atoms with Crippen molar-refractivity contribution in [1.29, 1.82) is 0 Å². The third-order valence-corrected chi connectivity index (χ3v) is 3.36. The van der Waals surface area contributed by atoms with Crippen LogP contribution in [0, 0.1) is 17.8 Å². The lowest BCUT2D eigenvalue weighted by Crippen LogP contribution is -2.30. The van der Waals surface area contributed by atoms with E-state index in [1.807, 2.05) is 0 Å². The van der Waals surface area contributed by atoms with Gasteiger partial charge in [-0.15, -0.1) is 6.42 Å². The summed E-state index contributed by atoms with van der Waals surface area (Å²) in [4.78, 5) is 0. The summed E-state index contributed by atoms with van der Waals surface area (Å²) in [7, 11) is 0. The van der Waals surface area contributed by atoms with Crippen LogP contribution in [0.25, 0.3) is 0 Å². The highest BCUT2D eigenvalue weighted by atomic mass is 35.6. The van der Waals surface area contributed by atoms with E-state index >= 15 is 0 Å². The molecule has 1 rings (SSSR count). The summed E-state index contributed by atoms with van der Waals surface area (Å²) in [6.07, 6.45) is 9.15. The first-order valence-corrected chi connectivity index (χ1v) is 4.70.